The van der Waals surface area contributed by atoms with E-state index in [-0.39, 0.29) is 12.0 Å². The van der Waals surface area contributed by atoms with Gasteiger partial charge in [0.15, 0.2) is 0 Å². The van der Waals surface area contributed by atoms with Gasteiger partial charge in [0, 0.05) is 37.8 Å². The van der Waals surface area contributed by atoms with Gasteiger partial charge in [0.2, 0.25) is 0 Å². The number of nitrogens with zero attached hydrogens (tertiary/aromatic N) is 2. The Bertz CT molecular complexity index is 582. The van der Waals surface area contributed by atoms with Gasteiger partial charge in [-0.3, -0.25) is 9.69 Å². The van der Waals surface area contributed by atoms with E-state index in [9.17, 15) is 9.90 Å². The summed E-state index contributed by atoms with van der Waals surface area (Å²) in [6, 6.07) is 8.49. The van der Waals surface area contributed by atoms with Crippen molar-refractivity contribution in [1.82, 2.24) is 9.80 Å². The van der Waals surface area contributed by atoms with E-state index in [2.05, 4.69) is 4.90 Å². The summed E-state index contributed by atoms with van der Waals surface area (Å²) in [5, 5.41) is 10.6. The molecule has 1 saturated heterocycles. The molecule has 2 aliphatic carbocycles. The van der Waals surface area contributed by atoms with E-state index >= 15 is 0 Å². The number of amides is 1. The monoisotopic (exact) mass is 342 g/mol. The van der Waals surface area contributed by atoms with Gasteiger partial charge in [-0.05, 0) is 49.3 Å². The fraction of sp³-hybridized carbons (Fsp3) is 0.667. The maximum Gasteiger partial charge on any atom is 0.253 e. The van der Waals surface area contributed by atoms with Gasteiger partial charge in [-0.25, -0.2) is 0 Å². The van der Waals surface area contributed by atoms with Crippen LogP contribution >= 0.6 is 0 Å². The molecule has 2 saturated carbocycles. The van der Waals surface area contributed by atoms with Crippen LogP contribution in [0, 0.1) is 5.92 Å². The van der Waals surface area contributed by atoms with Crippen molar-refractivity contribution >= 4 is 5.91 Å². The van der Waals surface area contributed by atoms with E-state index in [4.69, 9.17) is 0 Å². The van der Waals surface area contributed by atoms with Gasteiger partial charge < -0.3 is 10.0 Å². The molecule has 1 heterocycles. The number of carbonyl (C=O) groups is 1. The molecule has 1 atom stereocenters. The van der Waals surface area contributed by atoms with Crippen molar-refractivity contribution in [3.63, 3.8) is 0 Å². The van der Waals surface area contributed by atoms with Crippen molar-refractivity contribution in [3.05, 3.63) is 35.4 Å². The van der Waals surface area contributed by atoms with E-state index in [1.807, 2.05) is 29.2 Å². The summed E-state index contributed by atoms with van der Waals surface area (Å²) in [6.07, 6.45) is 8.27. The lowest BCUT2D eigenvalue weighted by Gasteiger charge is -2.35. The highest BCUT2D eigenvalue weighted by molar-refractivity contribution is 5.94. The normalized spacial score (nSPS) is 24.3. The predicted molar refractivity (Wildman–Crippen MR) is 98.5 cm³/mol. The zero-order chi connectivity index (χ0) is 17.2. The molecule has 4 nitrogen and oxygen atoms in total. The molecule has 4 rings (SSSR count). The average molecular weight is 342 g/mol. The smallest absolute Gasteiger partial charge is 0.253 e. The fourth-order valence-corrected chi connectivity index (χ4v) is 4.46. The second kappa shape index (κ2) is 7.46. The topological polar surface area (TPSA) is 43.8 Å². The third kappa shape index (κ3) is 3.90. The molecule has 3 aliphatic rings. The van der Waals surface area contributed by atoms with Gasteiger partial charge in [-0.2, -0.15) is 0 Å². The average Bonchev–Trinajstić information content (AvgIpc) is 3.53. The van der Waals surface area contributed by atoms with Crippen molar-refractivity contribution in [2.45, 2.75) is 57.1 Å². The third-order valence-electron chi connectivity index (χ3n) is 6.26. The summed E-state index contributed by atoms with van der Waals surface area (Å²) in [7, 11) is 0. The Kier molecular flexibility index (Phi) is 5.09. The molecular weight excluding hydrogens is 312 g/mol. The van der Waals surface area contributed by atoms with Crippen LogP contribution in [0.2, 0.25) is 0 Å². The summed E-state index contributed by atoms with van der Waals surface area (Å²) in [5.41, 5.74) is 1.71. The number of piperazine rings is 1. The van der Waals surface area contributed by atoms with Crippen molar-refractivity contribution in [1.29, 1.82) is 0 Å². The van der Waals surface area contributed by atoms with Gasteiger partial charge in [-0.15, -0.1) is 0 Å². The summed E-state index contributed by atoms with van der Waals surface area (Å²) in [6.45, 7) is 3.69. The minimum absolute atomic E-state index is 0.133. The van der Waals surface area contributed by atoms with Crippen LogP contribution in [0.5, 0.6) is 0 Å². The number of hydrogen-bond donors (Lipinski definition) is 1. The minimum atomic E-state index is -0.383. The van der Waals surface area contributed by atoms with Crippen molar-refractivity contribution in [2.75, 3.05) is 26.2 Å². The molecule has 1 aromatic rings. The van der Waals surface area contributed by atoms with E-state index in [1.165, 1.54) is 32.1 Å². The predicted octanol–water partition coefficient (Wildman–Crippen LogP) is 3.22. The molecule has 0 radical (unpaired) electrons. The van der Waals surface area contributed by atoms with Crippen LogP contribution < -0.4 is 0 Å². The molecule has 25 heavy (non-hydrogen) atoms. The first kappa shape index (κ1) is 17.0. The molecular formula is C21H30N2O2. The first-order valence-electron chi connectivity index (χ1n) is 10.0. The van der Waals surface area contributed by atoms with Gasteiger partial charge in [0.1, 0.15) is 0 Å². The van der Waals surface area contributed by atoms with Crippen LogP contribution in [-0.4, -0.2) is 53.0 Å². The molecule has 1 unspecified atom stereocenters. The molecule has 0 aromatic heterocycles. The van der Waals surface area contributed by atoms with Gasteiger partial charge in [-0.1, -0.05) is 31.4 Å². The third-order valence-corrected chi connectivity index (χ3v) is 6.26. The number of hydrogen-bond acceptors (Lipinski definition) is 3. The van der Waals surface area contributed by atoms with Crippen molar-refractivity contribution < 1.29 is 9.90 Å². The van der Waals surface area contributed by atoms with Crippen LogP contribution in [0.3, 0.4) is 0 Å². The molecule has 4 heteroatoms. The molecule has 1 amide bonds. The summed E-state index contributed by atoms with van der Waals surface area (Å²) < 4.78 is 0. The molecule has 3 fully saturated rings. The Labute approximate surface area is 150 Å². The maximum atomic E-state index is 12.7. The number of aliphatic hydroxyl groups is 1. The van der Waals surface area contributed by atoms with Gasteiger partial charge in [0.25, 0.3) is 5.91 Å². The zero-order valence-electron chi connectivity index (χ0n) is 15.1. The molecule has 1 N–H and O–H groups in total. The first-order chi connectivity index (χ1) is 12.2. The number of benzene rings is 1. The second-order valence-corrected chi connectivity index (χ2v) is 8.02. The Morgan fingerprint density at radius 1 is 0.920 bits per heavy atom. The van der Waals surface area contributed by atoms with Crippen LogP contribution in [0.1, 0.15) is 67.0 Å². The Balaban J connectivity index is 1.35. The van der Waals surface area contributed by atoms with E-state index < -0.39 is 0 Å². The van der Waals surface area contributed by atoms with Crippen LogP contribution in [0.4, 0.5) is 0 Å². The van der Waals surface area contributed by atoms with Crippen LogP contribution in [0.25, 0.3) is 0 Å². The van der Waals surface area contributed by atoms with E-state index in [1.54, 1.807) is 0 Å². The van der Waals surface area contributed by atoms with Crippen molar-refractivity contribution in [2.24, 2.45) is 5.92 Å². The number of carbonyl (C=O) groups excluding carboxylic acids is 1. The Hall–Kier alpha value is -1.39. The number of aliphatic hydroxyl groups excluding tert-OH is 1. The van der Waals surface area contributed by atoms with E-state index in [0.717, 1.165) is 56.2 Å². The van der Waals surface area contributed by atoms with Crippen LogP contribution in [-0.2, 0) is 0 Å². The summed E-state index contributed by atoms with van der Waals surface area (Å²) in [5.74, 6) is 0.514. The lowest BCUT2D eigenvalue weighted by atomic mass is 9.82. The Morgan fingerprint density at radius 3 is 2.16 bits per heavy atom. The lowest BCUT2D eigenvalue weighted by Crippen LogP contribution is -2.49. The van der Waals surface area contributed by atoms with Crippen molar-refractivity contribution in [3.8, 4) is 0 Å². The Morgan fingerprint density at radius 2 is 1.56 bits per heavy atom. The fourth-order valence-electron chi connectivity index (χ4n) is 4.46. The summed E-state index contributed by atoms with van der Waals surface area (Å²) in [4.78, 5) is 17.2. The highest BCUT2D eigenvalue weighted by Gasteiger charge is 2.32. The molecule has 0 bridgehead atoms. The van der Waals surface area contributed by atoms with Crippen LogP contribution in [0.15, 0.2) is 24.3 Å². The molecule has 136 valence electrons. The SMILES string of the molecule is O=C(c1ccc(C(O)C2CCCCC2)cc1)N1CCN(C2CC2)CC1. The first-order valence-corrected chi connectivity index (χ1v) is 10.0. The minimum Gasteiger partial charge on any atom is -0.388 e. The standard InChI is InChI=1S/C21H30N2O2/c24-20(16-4-2-1-3-5-16)17-6-8-18(9-7-17)21(25)23-14-12-22(13-15-23)19-10-11-19/h6-9,16,19-20,24H,1-5,10-15H2. The highest BCUT2D eigenvalue weighted by Crippen LogP contribution is 2.34. The summed E-state index contributed by atoms with van der Waals surface area (Å²) >= 11 is 0. The van der Waals surface area contributed by atoms with Gasteiger partial charge in [0.05, 0.1) is 6.10 Å². The lowest BCUT2D eigenvalue weighted by molar-refractivity contribution is 0.0626. The quantitative estimate of drug-likeness (QED) is 0.914. The number of rotatable bonds is 4. The maximum absolute atomic E-state index is 12.7. The largest absolute Gasteiger partial charge is 0.388 e. The molecule has 1 aliphatic heterocycles. The van der Waals surface area contributed by atoms with Gasteiger partial charge >= 0.3 is 0 Å². The molecule has 0 spiro atoms. The second-order valence-electron chi connectivity index (χ2n) is 8.02. The zero-order valence-corrected chi connectivity index (χ0v) is 15.1. The highest BCUT2D eigenvalue weighted by atomic mass is 16.3. The van der Waals surface area contributed by atoms with E-state index in [0.29, 0.717) is 5.92 Å². The molecule has 1 aromatic carbocycles.